The molecule has 0 saturated heterocycles. The van der Waals surface area contributed by atoms with Gasteiger partial charge in [-0.15, -0.1) is 0 Å². The van der Waals surface area contributed by atoms with Crippen molar-refractivity contribution in [1.82, 2.24) is 0 Å². The lowest BCUT2D eigenvalue weighted by molar-refractivity contribution is 1.63. The first-order valence-electron chi connectivity index (χ1n) is 18.9. The Hall–Kier alpha value is -7.02. The zero-order chi connectivity index (χ0) is 35.3. The van der Waals surface area contributed by atoms with Gasteiger partial charge in [0.05, 0.1) is 0 Å². The Morgan fingerprint density at radius 3 is 1.17 bits per heavy atom. The highest BCUT2D eigenvalue weighted by Crippen LogP contribution is 2.48. The average molecular weight is 681 g/mol. The molecule has 0 N–H and O–H groups in total. The van der Waals surface area contributed by atoms with Crippen LogP contribution >= 0.6 is 0 Å². The molecule has 0 heterocycles. The number of fused-ring (bicyclic) bond motifs is 4. The number of hydrogen-bond acceptors (Lipinski definition) is 0. The van der Waals surface area contributed by atoms with Gasteiger partial charge in [0, 0.05) is 0 Å². The summed E-state index contributed by atoms with van der Waals surface area (Å²) < 4.78 is 0. The molecule has 0 heteroatoms. The molecule has 0 radical (unpaired) electrons. The first kappa shape index (κ1) is 29.5. The van der Waals surface area contributed by atoms with E-state index in [1.807, 2.05) is 0 Å². The van der Waals surface area contributed by atoms with Crippen molar-refractivity contribution in [3.63, 3.8) is 0 Å². The molecule has 54 heavy (non-hydrogen) atoms. The van der Waals surface area contributed by atoms with Crippen LogP contribution in [0.2, 0.25) is 0 Å². The van der Waals surface area contributed by atoms with Gasteiger partial charge in [-0.1, -0.05) is 182 Å². The monoisotopic (exact) mass is 680 g/mol. The van der Waals surface area contributed by atoms with E-state index in [2.05, 4.69) is 194 Å². The largest absolute Gasteiger partial charge is 0.0622 e. The molecule has 0 aliphatic heterocycles. The highest BCUT2D eigenvalue weighted by Gasteiger charge is 2.21. The van der Waals surface area contributed by atoms with Gasteiger partial charge in [-0.25, -0.2) is 0 Å². The van der Waals surface area contributed by atoms with E-state index in [0.29, 0.717) is 0 Å². The third kappa shape index (κ3) is 4.08. The maximum absolute atomic E-state index is 2.49. The fraction of sp³-hybridized carbons (Fsp3) is 0. The van der Waals surface area contributed by atoms with Crippen molar-refractivity contribution in [1.29, 1.82) is 0 Å². The zero-order valence-corrected chi connectivity index (χ0v) is 29.5. The van der Waals surface area contributed by atoms with Gasteiger partial charge in [0.15, 0.2) is 0 Å². The van der Waals surface area contributed by atoms with Crippen molar-refractivity contribution in [3.05, 3.63) is 194 Å². The van der Waals surface area contributed by atoms with Crippen molar-refractivity contribution in [2.45, 2.75) is 0 Å². The van der Waals surface area contributed by atoms with E-state index in [-0.39, 0.29) is 0 Å². The Morgan fingerprint density at radius 1 is 0.204 bits per heavy atom. The molecular formula is C54H32. The minimum absolute atomic E-state index is 1.23. The molecule has 0 aliphatic carbocycles. The van der Waals surface area contributed by atoms with Crippen LogP contribution in [-0.2, 0) is 0 Å². The molecule has 0 saturated carbocycles. The highest BCUT2D eigenvalue weighted by atomic mass is 14.2. The standard InChI is InChI=1S/C54H32/c1-2-13-33(14-3-1)49-41-20-6-8-22-45(41)54(46-23-9-7-21-42(46)49)40-19-5-4-18-39(40)38-31-37-30-29-36-16-11-25-44-43-24-10-15-34-27-28-35-17-12-26-47(52(35)50(34)43)48(32-38)53(37)51(36)44/h1-32H. The van der Waals surface area contributed by atoms with E-state index in [1.54, 1.807) is 0 Å². The minimum Gasteiger partial charge on any atom is -0.0622 e. The third-order valence-corrected chi connectivity index (χ3v) is 11.9. The van der Waals surface area contributed by atoms with E-state index in [1.165, 1.54) is 120 Å². The Kier molecular flexibility index (Phi) is 6.15. The average Bonchev–Trinajstić information content (AvgIpc) is 3.24. The molecule has 0 unspecified atom stereocenters. The maximum atomic E-state index is 2.49. The first-order valence-corrected chi connectivity index (χ1v) is 18.9. The summed E-state index contributed by atoms with van der Waals surface area (Å²) in [6, 6.07) is 72.5. The minimum atomic E-state index is 1.23. The number of rotatable bonds is 3. The summed E-state index contributed by atoms with van der Waals surface area (Å²) in [6.07, 6.45) is 0. The highest BCUT2D eigenvalue weighted by molar-refractivity contribution is 6.37. The molecule has 12 aromatic rings. The van der Waals surface area contributed by atoms with Crippen LogP contribution < -0.4 is 0 Å². The van der Waals surface area contributed by atoms with Crippen LogP contribution in [0.5, 0.6) is 0 Å². The van der Waals surface area contributed by atoms with Crippen molar-refractivity contribution >= 4 is 86.2 Å². The second-order valence-electron chi connectivity index (χ2n) is 14.7. The van der Waals surface area contributed by atoms with E-state index >= 15 is 0 Å². The second-order valence-corrected chi connectivity index (χ2v) is 14.7. The van der Waals surface area contributed by atoms with Crippen molar-refractivity contribution < 1.29 is 0 Å². The van der Waals surface area contributed by atoms with Crippen LogP contribution in [-0.4, -0.2) is 0 Å². The normalized spacial score (nSPS) is 12.1. The van der Waals surface area contributed by atoms with Gasteiger partial charge in [-0.3, -0.25) is 0 Å². The lowest BCUT2D eigenvalue weighted by Crippen LogP contribution is -1.93. The van der Waals surface area contributed by atoms with Crippen molar-refractivity contribution in [2.24, 2.45) is 0 Å². The maximum Gasteiger partial charge on any atom is -0.00199 e. The molecule has 0 fully saturated rings. The Morgan fingerprint density at radius 2 is 0.611 bits per heavy atom. The molecule has 12 aromatic carbocycles. The predicted molar refractivity (Wildman–Crippen MR) is 234 cm³/mol. The fourth-order valence-corrected chi connectivity index (χ4v) is 9.73. The molecule has 0 bridgehead atoms. The van der Waals surface area contributed by atoms with Gasteiger partial charge in [-0.2, -0.15) is 0 Å². The second kappa shape index (κ2) is 11.2. The smallest absolute Gasteiger partial charge is 0.00199 e. The molecular weight excluding hydrogens is 649 g/mol. The summed E-state index contributed by atoms with van der Waals surface area (Å²) in [5, 5.41) is 20.7. The molecule has 248 valence electrons. The molecule has 0 nitrogen and oxygen atoms in total. The predicted octanol–water partition coefficient (Wildman–Crippen LogP) is 15.4. The summed E-state index contributed by atoms with van der Waals surface area (Å²) in [6.45, 7) is 0. The lowest BCUT2D eigenvalue weighted by atomic mass is 9.83. The number of hydrogen-bond donors (Lipinski definition) is 0. The summed E-state index contributed by atoms with van der Waals surface area (Å²) in [5.74, 6) is 0. The lowest BCUT2D eigenvalue weighted by Gasteiger charge is -2.20. The van der Waals surface area contributed by atoms with Crippen LogP contribution in [0.1, 0.15) is 0 Å². The van der Waals surface area contributed by atoms with Crippen molar-refractivity contribution in [3.8, 4) is 33.4 Å². The van der Waals surface area contributed by atoms with Crippen LogP contribution in [0.3, 0.4) is 0 Å². The molecule has 0 amide bonds. The quantitative estimate of drug-likeness (QED) is 0.129. The van der Waals surface area contributed by atoms with E-state index in [0.717, 1.165) is 0 Å². The first-order chi connectivity index (χ1) is 26.8. The Balaban J connectivity index is 1.24. The molecule has 0 spiro atoms. The van der Waals surface area contributed by atoms with Gasteiger partial charge in [0.1, 0.15) is 0 Å². The van der Waals surface area contributed by atoms with Crippen LogP contribution in [0.4, 0.5) is 0 Å². The SMILES string of the molecule is c1ccc(-c2c3ccccc3c(-c3ccccc3-c3cc4ccc5cccc6c7cccc8ccc9cccc(c(c3)c4c56)c9c87)c3ccccc23)cc1. The molecule has 12 rings (SSSR count). The van der Waals surface area contributed by atoms with Crippen molar-refractivity contribution in [2.75, 3.05) is 0 Å². The van der Waals surface area contributed by atoms with Gasteiger partial charge in [0.25, 0.3) is 0 Å². The van der Waals surface area contributed by atoms with E-state index in [9.17, 15) is 0 Å². The summed E-state index contributed by atoms with van der Waals surface area (Å²) >= 11 is 0. The summed E-state index contributed by atoms with van der Waals surface area (Å²) in [7, 11) is 0. The Bertz CT molecular complexity index is 3420. The fourth-order valence-electron chi connectivity index (χ4n) is 9.73. The van der Waals surface area contributed by atoms with Crippen LogP contribution in [0.25, 0.3) is 120 Å². The van der Waals surface area contributed by atoms with E-state index in [4.69, 9.17) is 0 Å². The zero-order valence-electron chi connectivity index (χ0n) is 29.5. The molecule has 0 aliphatic rings. The van der Waals surface area contributed by atoms with E-state index < -0.39 is 0 Å². The summed E-state index contributed by atoms with van der Waals surface area (Å²) in [5.41, 5.74) is 7.51. The van der Waals surface area contributed by atoms with Gasteiger partial charge in [0.2, 0.25) is 0 Å². The topological polar surface area (TPSA) is 0 Å². The molecule has 0 aromatic heterocycles. The van der Waals surface area contributed by atoms with Crippen LogP contribution in [0, 0.1) is 0 Å². The van der Waals surface area contributed by atoms with Gasteiger partial charge >= 0.3 is 0 Å². The Labute approximate surface area is 312 Å². The number of benzene rings is 11. The van der Waals surface area contributed by atoms with Crippen LogP contribution in [0.15, 0.2) is 194 Å². The van der Waals surface area contributed by atoms with Gasteiger partial charge < -0.3 is 0 Å². The van der Waals surface area contributed by atoms with Gasteiger partial charge in [-0.05, 0) is 132 Å². The molecule has 0 atom stereocenters. The third-order valence-electron chi connectivity index (χ3n) is 11.9. The summed E-state index contributed by atoms with van der Waals surface area (Å²) in [4.78, 5) is 0.